The Morgan fingerprint density at radius 2 is 2.10 bits per heavy atom. The van der Waals surface area contributed by atoms with Crippen molar-refractivity contribution in [1.29, 1.82) is 0 Å². The fraction of sp³-hybridized carbons (Fsp3) is 0.429. The van der Waals surface area contributed by atoms with Gasteiger partial charge < -0.3 is 9.84 Å². The van der Waals surface area contributed by atoms with E-state index >= 15 is 0 Å². The highest BCUT2D eigenvalue weighted by atomic mass is 32.2. The van der Waals surface area contributed by atoms with Gasteiger partial charge in [0.2, 0.25) is 5.89 Å². The highest BCUT2D eigenvalue weighted by molar-refractivity contribution is 7.98. The van der Waals surface area contributed by atoms with Gasteiger partial charge in [0.25, 0.3) is 0 Å². The van der Waals surface area contributed by atoms with Crippen molar-refractivity contribution in [2.24, 2.45) is 0 Å². The van der Waals surface area contributed by atoms with E-state index in [0.717, 1.165) is 31.8 Å². The molecular weight excluding hydrogens is 277 g/mol. The van der Waals surface area contributed by atoms with Crippen LogP contribution in [0.2, 0.25) is 0 Å². The Hall–Kier alpha value is -1.40. The number of aromatic nitrogens is 2. The van der Waals surface area contributed by atoms with Gasteiger partial charge in [-0.25, -0.2) is 4.39 Å². The molecule has 0 radical (unpaired) electrons. The van der Waals surface area contributed by atoms with Crippen LogP contribution in [0, 0.1) is 5.82 Å². The lowest BCUT2D eigenvalue weighted by atomic mass is 9.98. The predicted molar refractivity (Wildman–Crippen MR) is 75.1 cm³/mol. The van der Waals surface area contributed by atoms with Crippen molar-refractivity contribution in [2.75, 3.05) is 13.1 Å². The van der Waals surface area contributed by atoms with E-state index in [0.29, 0.717) is 22.4 Å². The van der Waals surface area contributed by atoms with Gasteiger partial charge in [0, 0.05) is 10.8 Å². The molecule has 1 aliphatic rings. The third kappa shape index (κ3) is 3.19. The van der Waals surface area contributed by atoms with Crippen LogP contribution in [0.1, 0.15) is 30.5 Å². The van der Waals surface area contributed by atoms with Gasteiger partial charge in [0.05, 0.1) is 5.75 Å². The summed E-state index contributed by atoms with van der Waals surface area (Å²) in [6, 6.07) is 6.72. The van der Waals surface area contributed by atoms with E-state index in [4.69, 9.17) is 4.52 Å². The van der Waals surface area contributed by atoms with Crippen LogP contribution in [-0.2, 0) is 5.75 Å². The van der Waals surface area contributed by atoms with Crippen molar-refractivity contribution >= 4 is 11.8 Å². The number of benzene rings is 1. The lowest BCUT2D eigenvalue weighted by Crippen LogP contribution is -2.26. The summed E-state index contributed by atoms with van der Waals surface area (Å²) in [4.78, 5) is 5.04. The molecule has 0 atom stereocenters. The minimum Gasteiger partial charge on any atom is -0.339 e. The Morgan fingerprint density at radius 1 is 1.30 bits per heavy atom. The highest BCUT2D eigenvalue weighted by Crippen LogP contribution is 2.27. The van der Waals surface area contributed by atoms with Crippen LogP contribution >= 0.6 is 11.8 Å². The monoisotopic (exact) mass is 293 g/mol. The predicted octanol–water partition coefficient (Wildman–Crippen LogP) is 2.97. The minimum absolute atomic E-state index is 0.209. The molecule has 1 aromatic heterocycles. The number of nitrogens with zero attached hydrogens (tertiary/aromatic N) is 2. The van der Waals surface area contributed by atoms with E-state index < -0.39 is 0 Å². The first-order valence-electron chi connectivity index (χ1n) is 6.73. The molecule has 0 spiro atoms. The van der Waals surface area contributed by atoms with E-state index in [-0.39, 0.29) is 5.82 Å². The van der Waals surface area contributed by atoms with Gasteiger partial charge in [0.15, 0.2) is 5.82 Å². The van der Waals surface area contributed by atoms with Crippen LogP contribution in [-0.4, -0.2) is 23.2 Å². The molecule has 20 heavy (non-hydrogen) atoms. The SMILES string of the molecule is Fc1ccccc1SCc1noc(C2CCNCC2)n1. The maximum atomic E-state index is 13.5. The number of hydrogen-bond donors (Lipinski definition) is 1. The molecule has 106 valence electrons. The summed E-state index contributed by atoms with van der Waals surface area (Å²) < 4.78 is 18.8. The molecule has 1 aliphatic heterocycles. The van der Waals surface area contributed by atoms with Crippen molar-refractivity contribution < 1.29 is 8.91 Å². The molecule has 2 heterocycles. The quantitative estimate of drug-likeness (QED) is 0.878. The molecule has 0 unspecified atom stereocenters. The molecule has 4 nitrogen and oxygen atoms in total. The van der Waals surface area contributed by atoms with Gasteiger partial charge >= 0.3 is 0 Å². The maximum Gasteiger partial charge on any atom is 0.229 e. The third-order valence-corrected chi connectivity index (χ3v) is 4.41. The first kappa shape index (κ1) is 13.6. The van der Waals surface area contributed by atoms with Crippen molar-refractivity contribution in [1.82, 2.24) is 15.5 Å². The number of halogens is 1. The summed E-state index contributed by atoms with van der Waals surface area (Å²) in [5.74, 6) is 2.02. The van der Waals surface area contributed by atoms with Crippen LogP contribution in [0.15, 0.2) is 33.7 Å². The molecule has 3 rings (SSSR count). The summed E-state index contributed by atoms with van der Waals surface area (Å²) >= 11 is 1.39. The number of piperidine rings is 1. The zero-order chi connectivity index (χ0) is 13.8. The molecule has 0 amide bonds. The smallest absolute Gasteiger partial charge is 0.229 e. The van der Waals surface area contributed by atoms with Crippen LogP contribution in [0.25, 0.3) is 0 Å². The molecule has 6 heteroatoms. The summed E-state index contributed by atoms with van der Waals surface area (Å²) in [7, 11) is 0. The third-order valence-electron chi connectivity index (χ3n) is 3.37. The molecule has 0 aliphatic carbocycles. The highest BCUT2D eigenvalue weighted by Gasteiger charge is 2.21. The summed E-state index contributed by atoms with van der Waals surface area (Å²) in [5, 5.41) is 7.29. The van der Waals surface area contributed by atoms with E-state index in [2.05, 4.69) is 15.5 Å². The number of nitrogens with one attached hydrogen (secondary N) is 1. The van der Waals surface area contributed by atoms with E-state index in [1.165, 1.54) is 17.8 Å². The van der Waals surface area contributed by atoms with Crippen LogP contribution in [0.5, 0.6) is 0 Å². The minimum atomic E-state index is -0.209. The van der Waals surface area contributed by atoms with Gasteiger partial charge in [0.1, 0.15) is 5.82 Å². The summed E-state index contributed by atoms with van der Waals surface area (Å²) in [5.41, 5.74) is 0. The van der Waals surface area contributed by atoms with Gasteiger partial charge in [-0.05, 0) is 38.1 Å². The second kappa shape index (κ2) is 6.37. The summed E-state index contributed by atoms with van der Waals surface area (Å²) in [6.07, 6.45) is 2.06. The Kier molecular flexibility index (Phi) is 4.32. The summed E-state index contributed by atoms with van der Waals surface area (Å²) in [6.45, 7) is 1.98. The van der Waals surface area contributed by atoms with Crippen molar-refractivity contribution in [3.05, 3.63) is 41.8 Å². The molecule has 1 N–H and O–H groups in total. The molecule has 0 saturated carbocycles. The second-order valence-electron chi connectivity index (χ2n) is 4.79. The van der Waals surface area contributed by atoms with Gasteiger partial charge in [-0.1, -0.05) is 17.3 Å². The number of hydrogen-bond acceptors (Lipinski definition) is 5. The Labute approximate surface area is 121 Å². The Balaban J connectivity index is 1.61. The zero-order valence-electron chi connectivity index (χ0n) is 11.0. The van der Waals surface area contributed by atoms with Gasteiger partial charge in [-0.2, -0.15) is 4.98 Å². The van der Waals surface area contributed by atoms with Gasteiger partial charge in [-0.3, -0.25) is 0 Å². The first-order valence-corrected chi connectivity index (χ1v) is 7.72. The van der Waals surface area contributed by atoms with Crippen LogP contribution < -0.4 is 5.32 Å². The lowest BCUT2D eigenvalue weighted by Gasteiger charge is -2.18. The van der Waals surface area contributed by atoms with E-state index in [9.17, 15) is 4.39 Å². The van der Waals surface area contributed by atoms with Crippen LogP contribution in [0.4, 0.5) is 4.39 Å². The Bertz CT molecular complexity index is 569. The second-order valence-corrected chi connectivity index (χ2v) is 5.81. The maximum absolute atomic E-state index is 13.5. The molecule has 0 bridgehead atoms. The number of thioether (sulfide) groups is 1. The average Bonchev–Trinajstić information content (AvgIpc) is 2.96. The van der Waals surface area contributed by atoms with Crippen molar-refractivity contribution in [3.63, 3.8) is 0 Å². The zero-order valence-corrected chi connectivity index (χ0v) is 11.8. The lowest BCUT2D eigenvalue weighted by molar-refractivity contribution is 0.318. The molecule has 2 aromatic rings. The average molecular weight is 293 g/mol. The fourth-order valence-electron chi connectivity index (χ4n) is 2.26. The largest absolute Gasteiger partial charge is 0.339 e. The Morgan fingerprint density at radius 3 is 2.90 bits per heavy atom. The van der Waals surface area contributed by atoms with E-state index in [1.807, 2.05) is 6.07 Å². The molecule has 1 fully saturated rings. The first-order chi connectivity index (χ1) is 9.83. The topological polar surface area (TPSA) is 51.0 Å². The standard InChI is InChI=1S/C14H16FN3OS/c15-11-3-1-2-4-12(11)20-9-13-17-14(19-18-13)10-5-7-16-8-6-10/h1-4,10,16H,5-9H2. The number of rotatable bonds is 4. The normalized spacial score (nSPS) is 16.4. The van der Waals surface area contributed by atoms with Crippen molar-refractivity contribution in [2.45, 2.75) is 29.4 Å². The van der Waals surface area contributed by atoms with Crippen molar-refractivity contribution in [3.8, 4) is 0 Å². The van der Waals surface area contributed by atoms with Gasteiger partial charge in [-0.15, -0.1) is 11.8 Å². The van der Waals surface area contributed by atoms with Crippen LogP contribution in [0.3, 0.4) is 0 Å². The molecular formula is C14H16FN3OS. The molecule has 1 aromatic carbocycles. The fourth-order valence-corrected chi connectivity index (χ4v) is 3.05. The van der Waals surface area contributed by atoms with E-state index in [1.54, 1.807) is 12.1 Å². The molecule has 1 saturated heterocycles.